The first kappa shape index (κ1) is 10.1. The van der Waals surface area contributed by atoms with Crippen molar-refractivity contribution in [3.05, 3.63) is 41.0 Å². The summed E-state index contributed by atoms with van der Waals surface area (Å²) in [6.07, 6.45) is 3.82. The number of rotatable bonds is 2. The number of hydrogen-bond donors (Lipinski definition) is 0. The zero-order valence-corrected chi connectivity index (χ0v) is 8.89. The van der Waals surface area contributed by atoms with Gasteiger partial charge >= 0.3 is 0 Å². The van der Waals surface area contributed by atoms with Crippen molar-refractivity contribution in [2.24, 2.45) is 0 Å². The fourth-order valence-electron chi connectivity index (χ4n) is 1.13. The molecule has 0 saturated heterocycles. The van der Waals surface area contributed by atoms with Crippen molar-refractivity contribution < 1.29 is 0 Å². The van der Waals surface area contributed by atoms with Crippen LogP contribution in [0.1, 0.15) is 32.0 Å². The van der Waals surface area contributed by atoms with E-state index in [1.54, 1.807) is 6.20 Å². The maximum absolute atomic E-state index is 5.92. The number of pyridine rings is 1. The summed E-state index contributed by atoms with van der Waals surface area (Å²) in [7, 11) is 0. The summed E-state index contributed by atoms with van der Waals surface area (Å²) in [5.41, 5.74) is 3.13. The average Bonchev–Trinajstić information content (AvgIpc) is 2.16. The van der Waals surface area contributed by atoms with Gasteiger partial charge in [0.15, 0.2) is 11.3 Å². The Bertz CT molecular complexity index is 325. The van der Waals surface area contributed by atoms with Gasteiger partial charge in [-0.2, -0.15) is 4.98 Å². The molecule has 2 heteroatoms. The first-order valence-corrected chi connectivity index (χ1v) is 4.62. The first-order valence-electron chi connectivity index (χ1n) is 4.24. The molecule has 1 nitrogen and oxygen atoms in total. The van der Waals surface area contributed by atoms with Gasteiger partial charge in [-0.25, -0.2) is 0 Å². The summed E-state index contributed by atoms with van der Waals surface area (Å²) < 4.78 is 0. The lowest BCUT2D eigenvalue weighted by atomic mass is 10.1. The molecular formula is C11H13ClN+. The van der Waals surface area contributed by atoms with Crippen LogP contribution >= 0.6 is 11.6 Å². The van der Waals surface area contributed by atoms with Crippen LogP contribution in [0.25, 0.3) is 5.57 Å². The molecular weight excluding hydrogens is 182 g/mol. The highest BCUT2D eigenvalue weighted by atomic mass is 35.5. The van der Waals surface area contributed by atoms with Crippen LogP contribution in [-0.4, -0.2) is 4.98 Å². The fourth-order valence-corrected chi connectivity index (χ4v) is 1.22. The molecule has 0 radical (unpaired) electrons. The quantitative estimate of drug-likeness (QED) is 0.655. The molecule has 0 amide bonds. The second-order valence-electron chi connectivity index (χ2n) is 2.89. The van der Waals surface area contributed by atoms with Crippen molar-refractivity contribution in [1.82, 2.24) is 4.98 Å². The van der Waals surface area contributed by atoms with Crippen LogP contribution in [0.3, 0.4) is 0 Å². The van der Waals surface area contributed by atoms with E-state index in [2.05, 4.69) is 4.98 Å². The Hall–Kier alpha value is -0.950. The van der Waals surface area contributed by atoms with Crippen molar-refractivity contribution in [2.75, 3.05) is 0 Å². The van der Waals surface area contributed by atoms with Crippen molar-refractivity contribution in [3.63, 3.8) is 0 Å². The van der Waals surface area contributed by atoms with Gasteiger partial charge in [0.25, 0.3) is 0 Å². The minimum absolute atomic E-state index is 0.793. The predicted molar refractivity (Wildman–Crippen MR) is 57.4 cm³/mol. The zero-order valence-electron chi connectivity index (χ0n) is 8.13. The van der Waals surface area contributed by atoms with Gasteiger partial charge in [0.2, 0.25) is 0 Å². The van der Waals surface area contributed by atoms with E-state index >= 15 is 0 Å². The first-order chi connectivity index (χ1) is 6.16. The van der Waals surface area contributed by atoms with Crippen molar-refractivity contribution >= 4 is 17.2 Å². The normalized spacial score (nSPS) is 12.3. The molecule has 1 aromatic heterocycles. The molecule has 0 aromatic carbocycles. The molecule has 1 aromatic rings. The van der Waals surface area contributed by atoms with E-state index < -0.39 is 0 Å². The van der Waals surface area contributed by atoms with Crippen LogP contribution in [0.15, 0.2) is 23.4 Å². The van der Waals surface area contributed by atoms with Gasteiger partial charge in [0.05, 0.1) is 6.20 Å². The number of hydrogen-bond acceptors (Lipinski definition) is 1. The van der Waals surface area contributed by atoms with E-state index in [1.807, 2.05) is 39.3 Å². The van der Waals surface area contributed by atoms with Gasteiger partial charge in [-0.05, 0) is 13.8 Å². The molecule has 0 aliphatic carbocycles. The lowest BCUT2D eigenvalue weighted by Crippen LogP contribution is -1.92. The fraction of sp³-hybridized carbons (Fsp3) is 0.273. The van der Waals surface area contributed by atoms with E-state index in [-0.39, 0.29) is 0 Å². The standard InChI is InChI=1S/C11H13ClN/c1-4-10-6-5-7-13-11(10)8(2)9(3)12/h4-7H,1-3H3/q+1/b9-8-. The molecule has 0 aliphatic rings. The van der Waals surface area contributed by atoms with Gasteiger partial charge in [-0.15, -0.1) is 0 Å². The van der Waals surface area contributed by atoms with Gasteiger partial charge in [-0.3, -0.25) is 0 Å². The highest BCUT2D eigenvalue weighted by Gasteiger charge is 2.13. The Kier molecular flexibility index (Phi) is 3.38. The third-order valence-electron chi connectivity index (χ3n) is 2.02. The van der Waals surface area contributed by atoms with Gasteiger partial charge in [0, 0.05) is 36.1 Å². The van der Waals surface area contributed by atoms with Crippen LogP contribution in [0.5, 0.6) is 0 Å². The zero-order chi connectivity index (χ0) is 9.84. The van der Waals surface area contributed by atoms with Crippen LogP contribution in [0.4, 0.5) is 0 Å². The van der Waals surface area contributed by atoms with Gasteiger partial charge in [-0.1, -0.05) is 11.6 Å². The molecule has 0 fully saturated rings. The summed E-state index contributed by atoms with van der Waals surface area (Å²) in [6.45, 7) is 5.86. The maximum Gasteiger partial charge on any atom is 0.178 e. The number of allylic oxidation sites excluding steroid dienone is 2. The Morgan fingerprint density at radius 2 is 2.15 bits per heavy atom. The molecule has 0 aliphatic heterocycles. The van der Waals surface area contributed by atoms with E-state index in [4.69, 9.17) is 11.6 Å². The molecule has 1 rings (SSSR count). The molecule has 1 heterocycles. The Labute approximate surface area is 84.5 Å². The summed E-state index contributed by atoms with van der Waals surface area (Å²) in [6, 6.07) is 3.96. The lowest BCUT2D eigenvalue weighted by molar-refractivity contribution is 1.21. The van der Waals surface area contributed by atoms with Crippen molar-refractivity contribution in [1.29, 1.82) is 0 Å². The predicted octanol–water partition coefficient (Wildman–Crippen LogP) is 3.64. The van der Waals surface area contributed by atoms with E-state index in [1.165, 1.54) is 0 Å². The third-order valence-corrected chi connectivity index (χ3v) is 2.31. The summed E-state index contributed by atoms with van der Waals surface area (Å²) in [5.74, 6) is 0. The molecule has 0 unspecified atom stereocenters. The van der Waals surface area contributed by atoms with Crippen LogP contribution < -0.4 is 0 Å². The van der Waals surface area contributed by atoms with Crippen molar-refractivity contribution in [2.45, 2.75) is 20.8 Å². The molecule has 0 N–H and O–H groups in total. The molecule has 0 atom stereocenters. The van der Waals surface area contributed by atoms with Crippen molar-refractivity contribution in [3.8, 4) is 0 Å². The third kappa shape index (κ3) is 2.25. The largest absolute Gasteiger partial charge is 0.188 e. The lowest BCUT2D eigenvalue weighted by Gasteiger charge is -1.98. The molecule has 68 valence electrons. The van der Waals surface area contributed by atoms with Crippen LogP contribution in [0, 0.1) is 6.42 Å². The minimum atomic E-state index is 0.793. The summed E-state index contributed by atoms with van der Waals surface area (Å²) in [4.78, 5) is 4.30. The highest BCUT2D eigenvalue weighted by Crippen LogP contribution is 2.22. The molecule has 0 bridgehead atoms. The number of halogens is 1. The molecule has 0 saturated carbocycles. The number of aromatic nitrogens is 1. The number of nitrogens with zero attached hydrogens (tertiary/aromatic N) is 1. The minimum Gasteiger partial charge on any atom is -0.188 e. The second kappa shape index (κ2) is 4.33. The van der Waals surface area contributed by atoms with E-state index in [0.29, 0.717) is 0 Å². The Morgan fingerprint density at radius 1 is 1.46 bits per heavy atom. The second-order valence-corrected chi connectivity index (χ2v) is 3.46. The monoisotopic (exact) mass is 194 g/mol. The molecule has 0 spiro atoms. The smallest absolute Gasteiger partial charge is 0.178 e. The van der Waals surface area contributed by atoms with Gasteiger partial charge in [0.1, 0.15) is 0 Å². The van der Waals surface area contributed by atoms with Gasteiger partial charge < -0.3 is 0 Å². The highest BCUT2D eigenvalue weighted by molar-refractivity contribution is 6.32. The van der Waals surface area contributed by atoms with E-state index in [0.717, 1.165) is 21.9 Å². The Balaban J connectivity index is 3.21. The Morgan fingerprint density at radius 3 is 2.69 bits per heavy atom. The maximum atomic E-state index is 5.92. The summed E-state index contributed by atoms with van der Waals surface area (Å²) in [5, 5.41) is 0.793. The topological polar surface area (TPSA) is 12.9 Å². The SMILES string of the molecule is C[CH+]c1cccnc1/C(C)=C(/C)Cl. The van der Waals surface area contributed by atoms with Crippen LogP contribution in [0.2, 0.25) is 0 Å². The average molecular weight is 195 g/mol. The van der Waals surface area contributed by atoms with E-state index in [9.17, 15) is 0 Å². The molecule has 13 heavy (non-hydrogen) atoms. The summed E-state index contributed by atoms with van der Waals surface area (Å²) >= 11 is 5.92. The van der Waals surface area contributed by atoms with Crippen LogP contribution in [-0.2, 0) is 0 Å².